The van der Waals surface area contributed by atoms with Gasteiger partial charge < -0.3 is 20.0 Å². The predicted molar refractivity (Wildman–Crippen MR) is 104 cm³/mol. The lowest BCUT2D eigenvalue weighted by atomic mass is 9.71. The second-order valence-electron chi connectivity index (χ2n) is 8.24. The second-order valence-corrected chi connectivity index (χ2v) is 8.24. The maximum atomic E-state index is 12.8. The van der Waals surface area contributed by atoms with E-state index in [9.17, 15) is 4.79 Å². The molecule has 0 saturated carbocycles. The zero-order valence-corrected chi connectivity index (χ0v) is 15.9. The number of likely N-dealkylation sites (N-methyl/N-ethyl adjacent to an activating group) is 1. The summed E-state index contributed by atoms with van der Waals surface area (Å²) in [5.41, 5.74) is 1.32. The molecule has 1 aromatic heterocycles. The van der Waals surface area contributed by atoms with E-state index in [2.05, 4.69) is 27.1 Å². The van der Waals surface area contributed by atoms with E-state index in [1.54, 1.807) is 6.20 Å². The highest BCUT2D eigenvalue weighted by atomic mass is 16.2. The van der Waals surface area contributed by atoms with Crippen LogP contribution in [0.25, 0.3) is 0 Å². The maximum absolute atomic E-state index is 12.8. The number of rotatable bonds is 2. The molecule has 142 valence electrons. The Kier molecular flexibility index (Phi) is 5.14. The smallest absolute Gasteiger partial charge is 0.254 e. The highest BCUT2D eigenvalue weighted by Gasteiger charge is 2.35. The lowest BCUT2D eigenvalue weighted by Gasteiger charge is -2.44. The molecular formula is C20H31N5O. The van der Waals surface area contributed by atoms with E-state index in [-0.39, 0.29) is 5.91 Å². The van der Waals surface area contributed by atoms with Crippen molar-refractivity contribution in [2.45, 2.75) is 25.7 Å². The van der Waals surface area contributed by atoms with Crippen molar-refractivity contribution in [3.8, 4) is 0 Å². The van der Waals surface area contributed by atoms with Gasteiger partial charge in [0.25, 0.3) is 5.91 Å². The van der Waals surface area contributed by atoms with Gasteiger partial charge in [0.2, 0.25) is 0 Å². The van der Waals surface area contributed by atoms with Crippen molar-refractivity contribution in [1.29, 1.82) is 0 Å². The van der Waals surface area contributed by atoms with Gasteiger partial charge >= 0.3 is 0 Å². The second kappa shape index (κ2) is 7.53. The Hall–Kier alpha value is -1.66. The van der Waals surface area contributed by atoms with Crippen LogP contribution in [0.5, 0.6) is 0 Å². The molecule has 1 N–H and O–H groups in total. The molecule has 0 aliphatic carbocycles. The van der Waals surface area contributed by atoms with Crippen LogP contribution in [0, 0.1) is 5.41 Å². The summed E-state index contributed by atoms with van der Waals surface area (Å²) in [5, 5.41) is 3.48. The summed E-state index contributed by atoms with van der Waals surface area (Å²) in [6.45, 7) is 7.96. The molecule has 3 fully saturated rings. The summed E-state index contributed by atoms with van der Waals surface area (Å²) in [4.78, 5) is 24.0. The van der Waals surface area contributed by atoms with Crippen molar-refractivity contribution < 1.29 is 4.79 Å². The fourth-order valence-electron chi connectivity index (χ4n) is 4.58. The summed E-state index contributed by atoms with van der Waals surface area (Å²) in [5.74, 6) is 1.11. The molecule has 3 aliphatic heterocycles. The number of carbonyl (C=O) groups excluding carboxylic acids is 1. The van der Waals surface area contributed by atoms with Crippen LogP contribution in [0.3, 0.4) is 0 Å². The van der Waals surface area contributed by atoms with E-state index in [4.69, 9.17) is 0 Å². The molecule has 0 radical (unpaired) electrons. The Morgan fingerprint density at radius 2 is 1.73 bits per heavy atom. The average molecular weight is 358 g/mol. The topological polar surface area (TPSA) is 51.7 Å². The minimum atomic E-state index is 0.147. The predicted octanol–water partition coefficient (Wildman–Crippen LogP) is 1.44. The fraction of sp³-hybridized carbons (Fsp3) is 0.700. The Balaban J connectivity index is 1.41. The molecule has 0 aromatic carbocycles. The van der Waals surface area contributed by atoms with Crippen molar-refractivity contribution in [2.75, 3.05) is 64.3 Å². The zero-order valence-electron chi connectivity index (χ0n) is 15.9. The number of pyridine rings is 1. The first kappa shape index (κ1) is 17.7. The third-order valence-corrected chi connectivity index (χ3v) is 6.60. The van der Waals surface area contributed by atoms with Gasteiger partial charge in [0.15, 0.2) is 0 Å². The molecule has 1 aromatic rings. The Labute approximate surface area is 156 Å². The first-order chi connectivity index (χ1) is 12.7. The van der Waals surface area contributed by atoms with E-state index in [0.717, 1.165) is 63.7 Å². The number of nitrogens with zero attached hydrogens (tertiary/aromatic N) is 4. The maximum Gasteiger partial charge on any atom is 0.254 e. The molecule has 4 rings (SSSR count). The largest absolute Gasteiger partial charge is 0.357 e. The number of anilines is 1. The van der Waals surface area contributed by atoms with Gasteiger partial charge in [-0.05, 0) is 63.4 Å². The van der Waals surface area contributed by atoms with Crippen LogP contribution in [0.4, 0.5) is 5.82 Å². The van der Waals surface area contributed by atoms with Crippen LogP contribution in [0.15, 0.2) is 18.3 Å². The fourth-order valence-corrected chi connectivity index (χ4v) is 4.58. The summed E-state index contributed by atoms with van der Waals surface area (Å²) < 4.78 is 0. The van der Waals surface area contributed by atoms with Crippen LogP contribution in [0.1, 0.15) is 36.0 Å². The molecule has 6 heteroatoms. The number of amides is 1. The van der Waals surface area contributed by atoms with Gasteiger partial charge in [-0.3, -0.25) is 4.79 Å². The molecule has 26 heavy (non-hydrogen) atoms. The van der Waals surface area contributed by atoms with Gasteiger partial charge in [-0.25, -0.2) is 4.98 Å². The van der Waals surface area contributed by atoms with Crippen molar-refractivity contribution in [3.05, 3.63) is 23.9 Å². The monoisotopic (exact) mass is 357 g/mol. The van der Waals surface area contributed by atoms with Gasteiger partial charge in [0.1, 0.15) is 5.82 Å². The summed E-state index contributed by atoms with van der Waals surface area (Å²) in [6.07, 6.45) is 6.89. The van der Waals surface area contributed by atoms with E-state index in [0.29, 0.717) is 5.41 Å². The third-order valence-electron chi connectivity index (χ3n) is 6.60. The standard InChI is InChI=1S/C20H31N5O/c1-23-12-14-25(15-13-23)19(26)17-2-7-22-18(16-17)24-10-5-20(6-11-24)3-8-21-9-4-20/h2,7,16,21H,3-6,8-15H2,1H3. The van der Waals surface area contributed by atoms with Crippen LogP contribution in [-0.2, 0) is 0 Å². The number of hydrogen-bond donors (Lipinski definition) is 1. The molecule has 0 bridgehead atoms. The molecule has 3 aliphatic rings. The van der Waals surface area contributed by atoms with E-state index < -0.39 is 0 Å². The van der Waals surface area contributed by atoms with E-state index in [1.165, 1.54) is 25.7 Å². The lowest BCUT2D eigenvalue weighted by Crippen LogP contribution is -2.47. The lowest BCUT2D eigenvalue weighted by molar-refractivity contribution is 0.0664. The van der Waals surface area contributed by atoms with Crippen LogP contribution in [-0.4, -0.2) is 80.1 Å². The van der Waals surface area contributed by atoms with Gasteiger partial charge in [-0.15, -0.1) is 0 Å². The highest BCUT2D eigenvalue weighted by molar-refractivity contribution is 5.95. The van der Waals surface area contributed by atoms with Crippen molar-refractivity contribution in [1.82, 2.24) is 20.1 Å². The van der Waals surface area contributed by atoms with Gasteiger partial charge in [0, 0.05) is 51.0 Å². The zero-order chi connectivity index (χ0) is 18.0. The molecule has 4 heterocycles. The van der Waals surface area contributed by atoms with Crippen molar-refractivity contribution in [2.24, 2.45) is 5.41 Å². The van der Waals surface area contributed by atoms with Gasteiger partial charge in [0.05, 0.1) is 0 Å². The number of carbonyl (C=O) groups is 1. The molecule has 3 saturated heterocycles. The minimum absolute atomic E-state index is 0.147. The third kappa shape index (κ3) is 3.71. The van der Waals surface area contributed by atoms with Crippen LogP contribution in [0.2, 0.25) is 0 Å². The summed E-state index contributed by atoms with van der Waals surface area (Å²) >= 11 is 0. The van der Waals surface area contributed by atoms with Crippen LogP contribution < -0.4 is 10.2 Å². The summed E-state index contributed by atoms with van der Waals surface area (Å²) in [6, 6.07) is 3.86. The average Bonchev–Trinajstić information content (AvgIpc) is 2.69. The quantitative estimate of drug-likeness (QED) is 0.868. The molecular weight excluding hydrogens is 326 g/mol. The number of piperidine rings is 2. The van der Waals surface area contributed by atoms with Gasteiger partial charge in [-0.1, -0.05) is 0 Å². The van der Waals surface area contributed by atoms with E-state index >= 15 is 0 Å². The molecule has 0 atom stereocenters. The Bertz CT molecular complexity index is 625. The number of aromatic nitrogens is 1. The molecule has 0 unspecified atom stereocenters. The summed E-state index contributed by atoms with van der Waals surface area (Å²) in [7, 11) is 2.11. The van der Waals surface area contributed by atoms with Crippen LogP contribution >= 0.6 is 0 Å². The SMILES string of the molecule is CN1CCN(C(=O)c2ccnc(N3CCC4(CCNCC4)CC3)c2)CC1. The molecule has 6 nitrogen and oxygen atoms in total. The number of hydrogen-bond acceptors (Lipinski definition) is 5. The normalized spacial score (nSPS) is 24.0. The first-order valence-corrected chi connectivity index (χ1v) is 10.0. The molecule has 1 spiro atoms. The number of piperazine rings is 1. The van der Waals surface area contributed by atoms with Crippen molar-refractivity contribution >= 4 is 11.7 Å². The van der Waals surface area contributed by atoms with E-state index in [1.807, 2.05) is 17.0 Å². The number of nitrogens with one attached hydrogen (secondary N) is 1. The Morgan fingerprint density at radius 3 is 2.42 bits per heavy atom. The minimum Gasteiger partial charge on any atom is -0.357 e. The highest BCUT2D eigenvalue weighted by Crippen LogP contribution is 2.40. The van der Waals surface area contributed by atoms with Gasteiger partial charge in [-0.2, -0.15) is 0 Å². The Morgan fingerprint density at radius 1 is 1.04 bits per heavy atom. The first-order valence-electron chi connectivity index (χ1n) is 10.0. The molecule has 1 amide bonds. The van der Waals surface area contributed by atoms with Crippen molar-refractivity contribution in [3.63, 3.8) is 0 Å².